The lowest BCUT2D eigenvalue weighted by Gasteiger charge is -2.29. The summed E-state index contributed by atoms with van der Waals surface area (Å²) >= 11 is 1.40. The molecule has 0 radical (unpaired) electrons. The molecule has 1 N–H and O–H groups in total. The fourth-order valence-electron chi connectivity index (χ4n) is 2.60. The van der Waals surface area contributed by atoms with Gasteiger partial charge in [0.05, 0.1) is 5.75 Å². The van der Waals surface area contributed by atoms with Crippen LogP contribution >= 0.6 is 11.8 Å². The van der Waals surface area contributed by atoms with E-state index in [0.29, 0.717) is 5.56 Å². The van der Waals surface area contributed by atoms with E-state index in [-0.39, 0.29) is 36.0 Å². The minimum absolute atomic E-state index is 0.0130. The van der Waals surface area contributed by atoms with E-state index in [1.165, 1.54) is 22.7 Å². The summed E-state index contributed by atoms with van der Waals surface area (Å²) in [6.07, 6.45) is 0.795. The van der Waals surface area contributed by atoms with Crippen LogP contribution in [-0.2, 0) is 16.1 Å². The van der Waals surface area contributed by atoms with Crippen LogP contribution in [0.1, 0.15) is 32.8 Å². The summed E-state index contributed by atoms with van der Waals surface area (Å²) in [7, 11) is 0. The maximum absolute atomic E-state index is 14.1. The number of amides is 2. The molecule has 2 aromatic carbocycles. The van der Waals surface area contributed by atoms with Gasteiger partial charge >= 0.3 is 0 Å². The van der Waals surface area contributed by atoms with Gasteiger partial charge in [-0.3, -0.25) is 9.59 Å². The number of benzene rings is 2. The average molecular weight is 403 g/mol. The number of carbonyl (C=O) groups is 2. The highest BCUT2D eigenvalue weighted by Crippen LogP contribution is 2.20. The van der Waals surface area contributed by atoms with Crippen LogP contribution in [0.25, 0.3) is 0 Å². The number of halogens is 1. The first kappa shape index (κ1) is 22.0. The third-order valence-corrected chi connectivity index (χ3v) is 5.57. The Bertz CT molecular complexity index is 785. The van der Waals surface area contributed by atoms with Gasteiger partial charge in [-0.1, -0.05) is 43.3 Å². The van der Waals surface area contributed by atoms with Crippen LogP contribution in [0.4, 0.5) is 4.39 Å². The molecule has 2 amide bonds. The first-order valence-corrected chi connectivity index (χ1v) is 10.4. The number of hydrogen-bond donors (Lipinski definition) is 1. The van der Waals surface area contributed by atoms with Crippen molar-refractivity contribution in [1.82, 2.24) is 10.2 Å². The molecule has 0 saturated heterocycles. The summed E-state index contributed by atoms with van der Waals surface area (Å²) in [6, 6.07) is 15.2. The minimum atomic E-state index is -0.697. The van der Waals surface area contributed by atoms with Gasteiger partial charge in [0.15, 0.2) is 0 Å². The molecule has 0 aliphatic rings. The number of nitrogens with one attached hydrogen (secondary N) is 1. The Morgan fingerprint density at radius 2 is 1.71 bits per heavy atom. The van der Waals surface area contributed by atoms with Crippen LogP contribution in [0.15, 0.2) is 59.5 Å². The Balaban J connectivity index is 2.15. The molecular formula is C22H27FN2O2S. The van der Waals surface area contributed by atoms with E-state index in [2.05, 4.69) is 5.32 Å². The van der Waals surface area contributed by atoms with Crippen molar-refractivity contribution in [3.8, 4) is 0 Å². The number of rotatable bonds is 9. The van der Waals surface area contributed by atoms with E-state index in [0.717, 1.165) is 11.3 Å². The van der Waals surface area contributed by atoms with Crippen LogP contribution in [0, 0.1) is 5.82 Å². The molecule has 6 heteroatoms. The fraction of sp³-hybridized carbons (Fsp3) is 0.364. The van der Waals surface area contributed by atoms with Crippen molar-refractivity contribution in [3.63, 3.8) is 0 Å². The second-order valence-corrected chi connectivity index (χ2v) is 7.76. The summed E-state index contributed by atoms with van der Waals surface area (Å²) < 4.78 is 14.1. The summed E-state index contributed by atoms with van der Waals surface area (Å²) in [5.74, 6) is -0.641. The molecule has 2 rings (SSSR count). The van der Waals surface area contributed by atoms with Gasteiger partial charge in [0.1, 0.15) is 11.9 Å². The van der Waals surface area contributed by atoms with Gasteiger partial charge in [0.25, 0.3) is 0 Å². The number of nitrogens with zero attached hydrogens (tertiary/aromatic N) is 1. The summed E-state index contributed by atoms with van der Waals surface area (Å²) in [5, 5.41) is 2.91. The molecule has 0 spiro atoms. The fourth-order valence-corrected chi connectivity index (χ4v) is 3.41. The molecule has 28 heavy (non-hydrogen) atoms. The third kappa shape index (κ3) is 6.37. The first-order valence-electron chi connectivity index (χ1n) is 9.43. The van der Waals surface area contributed by atoms with Crippen LogP contribution in [0.5, 0.6) is 0 Å². The van der Waals surface area contributed by atoms with Crippen LogP contribution in [0.3, 0.4) is 0 Å². The highest BCUT2D eigenvalue weighted by molar-refractivity contribution is 8.00. The normalized spacial score (nSPS) is 12.9. The number of thioether (sulfide) groups is 1. The van der Waals surface area contributed by atoms with Crippen molar-refractivity contribution in [1.29, 1.82) is 0 Å². The Morgan fingerprint density at radius 3 is 2.36 bits per heavy atom. The second kappa shape index (κ2) is 10.9. The molecule has 4 nitrogen and oxygen atoms in total. The van der Waals surface area contributed by atoms with E-state index in [1.54, 1.807) is 25.1 Å². The van der Waals surface area contributed by atoms with E-state index in [4.69, 9.17) is 0 Å². The molecule has 0 unspecified atom stereocenters. The molecule has 0 aliphatic carbocycles. The van der Waals surface area contributed by atoms with E-state index < -0.39 is 6.04 Å². The zero-order valence-corrected chi connectivity index (χ0v) is 17.3. The maximum Gasteiger partial charge on any atom is 0.242 e. The van der Waals surface area contributed by atoms with Crippen molar-refractivity contribution in [2.24, 2.45) is 0 Å². The van der Waals surface area contributed by atoms with E-state index >= 15 is 0 Å². The van der Waals surface area contributed by atoms with Crippen molar-refractivity contribution < 1.29 is 14.0 Å². The lowest BCUT2D eigenvalue weighted by Crippen LogP contribution is -2.50. The van der Waals surface area contributed by atoms with Crippen molar-refractivity contribution in [2.75, 3.05) is 5.75 Å². The second-order valence-electron chi connectivity index (χ2n) is 6.71. The van der Waals surface area contributed by atoms with Crippen LogP contribution < -0.4 is 5.32 Å². The third-order valence-electron chi connectivity index (χ3n) is 4.57. The molecule has 0 aromatic heterocycles. The quantitative estimate of drug-likeness (QED) is 0.638. The average Bonchev–Trinajstić information content (AvgIpc) is 2.71. The molecule has 2 atom stereocenters. The monoisotopic (exact) mass is 402 g/mol. The Morgan fingerprint density at radius 1 is 1.07 bits per heavy atom. The van der Waals surface area contributed by atoms with Gasteiger partial charge in [0, 0.05) is 23.0 Å². The van der Waals surface area contributed by atoms with Crippen molar-refractivity contribution in [3.05, 3.63) is 66.0 Å². The number of carbonyl (C=O) groups excluding carboxylic acids is 2. The Hall–Kier alpha value is -2.34. The van der Waals surface area contributed by atoms with Gasteiger partial charge < -0.3 is 10.2 Å². The highest BCUT2D eigenvalue weighted by atomic mass is 32.2. The lowest BCUT2D eigenvalue weighted by atomic mass is 10.1. The first-order chi connectivity index (χ1) is 13.4. The Kier molecular flexibility index (Phi) is 8.51. The standard InChI is InChI=1S/C22H27FN2O2S/c1-4-16(2)24-22(27)17(3)25(14-18-10-8-9-13-20(18)23)21(26)15-28-19-11-6-5-7-12-19/h5-13,16-17H,4,14-15H2,1-3H3,(H,24,27)/t16-,17+/m0/s1. The van der Waals surface area contributed by atoms with Crippen molar-refractivity contribution in [2.45, 2.75) is 50.7 Å². The van der Waals surface area contributed by atoms with Gasteiger partial charge in [-0.05, 0) is 38.5 Å². The van der Waals surface area contributed by atoms with Gasteiger partial charge in [0.2, 0.25) is 11.8 Å². The summed E-state index contributed by atoms with van der Waals surface area (Å²) in [5.41, 5.74) is 0.392. The minimum Gasteiger partial charge on any atom is -0.352 e. The lowest BCUT2D eigenvalue weighted by molar-refractivity contribution is -0.139. The SMILES string of the molecule is CC[C@H](C)NC(=O)[C@@H](C)N(Cc1ccccc1F)C(=O)CSc1ccccc1. The number of hydrogen-bond acceptors (Lipinski definition) is 3. The largest absolute Gasteiger partial charge is 0.352 e. The van der Waals surface area contributed by atoms with E-state index in [1.807, 2.05) is 44.2 Å². The predicted octanol–water partition coefficient (Wildman–Crippen LogP) is 4.25. The topological polar surface area (TPSA) is 49.4 Å². The van der Waals surface area contributed by atoms with Crippen molar-refractivity contribution >= 4 is 23.6 Å². The predicted molar refractivity (Wildman–Crippen MR) is 111 cm³/mol. The van der Waals surface area contributed by atoms with E-state index in [9.17, 15) is 14.0 Å². The molecular weight excluding hydrogens is 375 g/mol. The molecule has 0 aliphatic heterocycles. The molecule has 0 saturated carbocycles. The molecule has 0 fully saturated rings. The zero-order valence-electron chi connectivity index (χ0n) is 16.5. The zero-order chi connectivity index (χ0) is 20.5. The highest BCUT2D eigenvalue weighted by Gasteiger charge is 2.27. The molecule has 0 bridgehead atoms. The molecule has 150 valence electrons. The summed E-state index contributed by atoms with van der Waals surface area (Å²) in [4.78, 5) is 28.0. The van der Waals surface area contributed by atoms with Gasteiger partial charge in [-0.15, -0.1) is 11.8 Å². The van der Waals surface area contributed by atoms with Gasteiger partial charge in [-0.25, -0.2) is 4.39 Å². The van der Waals surface area contributed by atoms with Crippen LogP contribution in [-0.4, -0.2) is 34.6 Å². The molecule has 2 aromatic rings. The Labute approximate surface area is 170 Å². The van der Waals surface area contributed by atoms with Crippen LogP contribution in [0.2, 0.25) is 0 Å². The summed E-state index contributed by atoms with van der Waals surface area (Å²) in [6.45, 7) is 5.63. The maximum atomic E-state index is 14.1. The van der Waals surface area contributed by atoms with Gasteiger partial charge in [-0.2, -0.15) is 0 Å². The smallest absolute Gasteiger partial charge is 0.242 e. The molecule has 0 heterocycles.